The highest BCUT2D eigenvalue weighted by Crippen LogP contribution is 2.26. The average molecular weight is 342 g/mol. The standard InChI is InChI=1S/C15H17BrFNS/c1-3-18-15(8-13-7-12(16)9-19-13)11-5-4-10(2)14(17)6-11/h4-7,9,15,18H,3,8H2,1-2H3. The van der Waals surface area contributed by atoms with Gasteiger partial charge in [0.25, 0.3) is 0 Å². The van der Waals surface area contributed by atoms with Gasteiger partial charge in [-0.05, 0) is 52.7 Å². The Bertz CT molecular complexity index is 553. The average Bonchev–Trinajstić information content (AvgIpc) is 2.78. The van der Waals surface area contributed by atoms with Crippen molar-refractivity contribution in [2.75, 3.05) is 6.54 Å². The Labute approximate surface area is 126 Å². The molecule has 1 heterocycles. The molecule has 1 unspecified atom stereocenters. The van der Waals surface area contributed by atoms with Gasteiger partial charge in [0.15, 0.2) is 0 Å². The SMILES string of the molecule is CCNC(Cc1cc(Br)cs1)c1ccc(C)c(F)c1. The van der Waals surface area contributed by atoms with Gasteiger partial charge in [-0.2, -0.15) is 0 Å². The number of rotatable bonds is 5. The molecule has 0 bridgehead atoms. The van der Waals surface area contributed by atoms with Gasteiger partial charge in [0.1, 0.15) is 5.82 Å². The summed E-state index contributed by atoms with van der Waals surface area (Å²) in [6.45, 7) is 4.73. The number of hydrogen-bond acceptors (Lipinski definition) is 2. The first kappa shape index (κ1) is 14.7. The van der Waals surface area contributed by atoms with E-state index in [1.54, 1.807) is 24.3 Å². The maximum atomic E-state index is 13.7. The lowest BCUT2D eigenvalue weighted by atomic mass is 10.0. The summed E-state index contributed by atoms with van der Waals surface area (Å²) in [4.78, 5) is 1.29. The molecule has 0 saturated carbocycles. The molecule has 0 radical (unpaired) electrons. The molecule has 4 heteroatoms. The Morgan fingerprint density at radius 1 is 1.37 bits per heavy atom. The van der Waals surface area contributed by atoms with Gasteiger partial charge in [0, 0.05) is 27.2 Å². The molecule has 0 aliphatic carbocycles. The number of thiophene rings is 1. The molecule has 0 amide bonds. The van der Waals surface area contributed by atoms with Gasteiger partial charge in [0.2, 0.25) is 0 Å². The number of hydrogen-bond donors (Lipinski definition) is 1. The Morgan fingerprint density at radius 2 is 2.16 bits per heavy atom. The van der Waals surface area contributed by atoms with Gasteiger partial charge in [-0.15, -0.1) is 11.3 Å². The normalized spacial score (nSPS) is 12.6. The van der Waals surface area contributed by atoms with Crippen molar-refractivity contribution in [1.82, 2.24) is 5.32 Å². The van der Waals surface area contributed by atoms with Crippen LogP contribution >= 0.6 is 27.3 Å². The fraction of sp³-hybridized carbons (Fsp3) is 0.333. The summed E-state index contributed by atoms with van der Waals surface area (Å²) in [5.41, 5.74) is 1.70. The van der Waals surface area contributed by atoms with Gasteiger partial charge < -0.3 is 5.32 Å². The lowest BCUT2D eigenvalue weighted by Gasteiger charge is -2.18. The molecule has 1 atom stereocenters. The van der Waals surface area contributed by atoms with Crippen LogP contribution in [0.1, 0.15) is 29.0 Å². The van der Waals surface area contributed by atoms with Gasteiger partial charge in [0.05, 0.1) is 0 Å². The molecule has 0 fully saturated rings. The summed E-state index contributed by atoms with van der Waals surface area (Å²) in [5, 5.41) is 5.51. The maximum Gasteiger partial charge on any atom is 0.126 e. The van der Waals surface area contributed by atoms with Crippen LogP contribution in [-0.2, 0) is 6.42 Å². The van der Waals surface area contributed by atoms with E-state index in [1.807, 2.05) is 12.1 Å². The molecule has 19 heavy (non-hydrogen) atoms. The lowest BCUT2D eigenvalue weighted by Crippen LogP contribution is -2.22. The third-order valence-electron chi connectivity index (χ3n) is 3.08. The highest BCUT2D eigenvalue weighted by atomic mass is 79.9. The number of halogens is 2. The summed E-state index contributed by atoms with van der Waals surface area (Å²) in [7, 11) is 0. The van der Waals surface area contributed by atoms with Crippen LogP contribution in [0.15, 0.2) is 34.1 Å². The Hall–Kier alpha value is -0.710. The molecule has 1 aromatic heterocycles. The van der Waals surface area contributed by atoms with Crippen molar-refractivity contribution in [1.29, 1.82) is 0 Å². The molecular weight excluding hydrogens is 325 g/mol. The monoisotopic (exact) mass is 341 g/mol. The van der Waals surface area contributed by atoms with Crippen molar-refractivity contribution in [3.63, 3.8) is 0 Å². The highest BCUT2D eigenvalue weighted by molar-refractivity contribution is 9.10. The third kappa shape index (κ3) is 3.88. The molecule has 2 aromatic rings. The number of benzene rings is 1. The highest BCUT2D eigenvalue weighted by Gasteiger charge is 2.13. The van der Waals surface area contributed by atoms with Crippen molar-refractivity contribution < 1.29 is 4.39 Å². The Balaban J connectivity index is 2.21. The predicted molar refractivity (Wildman–Crippen MR) is 83.3 cm³/mol. The Morgan fingerprint density at radius 3 is 2.74 bits per heavy atom. The minimum absolute atomic E-state index is 0.132. The minimum atomic E-state index is -0.132. The van der Waals surface area contributed by atoms with Crippen molar-refractivity contribution >= 4 is 27.3 Å². The van der Waals surface area contributed by atoms with E-state index in [9.17, 15) is 4.39 Å². The fourth-order valence-corrected chi connectivity index (χ4v) is 3.54. The molecule has 0 saturated heterocycles. The van der Waals surface area contributed by atoms with Crippen molar-refractivity contribution in [3.05, 3.63) is 55.9 Å². The van der Waals surface area contributed by atoms with Crippen molar-refractivity contribution in [3.8, 4) is 0 Å². The van der Waals surface area contributed by atoms with Crippen LogP contribution in [0.25, 0.3) is 0 Å². The first-order chi connectivity index (χ1) is 9.10. The van der Waals surface area contributed by atoms with E-state index in [-0.39, 0.29) is 11.9 Å². The quantitative estimate of drug-likeness (QED) is 0.819. The minimum Gasteiger partial charge on any atom is -0.310 e. The number of aryl methyl sites for hydroxylation is 1. The van der Waals surface area contributed by atoms with Crippen LogP contribution in [0, 0.1) is 12.7 Å². The van der Waals surface area contributed by atoms with E-state index in [4.69, 9.17) is 0 Å². The second-order valence-electron chi connectivity index (χ2n) is 4.55. The van der Waals surface area contributed by atoms with Gasteiger partial charge >= 0.3 is 0 Å². The smallest absolute Gasteiger partial charge is 0.126 e. The van der Waals surface area contributed by atoms with E-state index in [1.165, 1.54) is 4.88 Å². The third-order valence-corrected chi connectivity index (χ3v) is 4.80. The van der Waals surface area contributed by atoms with Crippen molar-refractivity contribution in [2.45, 2.75) is 26.3 Å². The number of likely N-dealkylation sites (N-methyl/N-ethyl adjacent to an activating group) is 1. The van der Waals surface area contributed by atoms with Gasteiger partial charge in [-0.1, -0.05) is 19.1 Å². The molecule has 0 aliphatic rings. The Kier molecular flexibility index (Phi) is 5.13. The second-order valence-corrected chi connectivity index (χ2v) is 6.47. The van der Waals surface area contributed by atoms with Crippen molar-refractivity contribution in [2.24, 2.45) is 0 Å². The summed E-state index contributed by atoms with van der Waals surface area (Å²) in [5.74, 6) is -0.132. The van der Waals surface area contributed by atoms with E-state index < -0.39 is 0 Å². The first-order valence-electron chi connectivity index (χ1n) is 6.32. The molecule has 102 valence electrons. The van der Waals surface area contributed by atoms with Crippen LogP contribution in [-0.4, -0.2) is 6.54 Å². The summed E-state index contributed by atoms with van der Waals surface area (Å²) in [6.07, 6.45) is 0.882. The summed E-state index contributed by atoms with van der Waals surface area (Å²) < 4.78 is 14.8. The lowest BCUT2D eigenvalue weighted by molar-refractivity contribution is 0.544. The van der Waals surface area contributed by atoms with Gasteiger partial charge in [-0.3, -0.25) is 0 Å². The van der Waals surface area contributed by atoms with E-state index in [0.717, 1.165) is 23.0 Å². The molecule has 0 aliphatic heterocycles. The molecule has 1 nitrogen and oxygen atoms in total. The van der Waals surface area contributed by atoms with Crippen LogP contribution in [0.2, 0.25) is 0 Å². The van der Waals surface area contributed by atoms with Crippen LogP contribution < -0.4 is 5.32 Å². The fourth-order valence-electron chi connectivity index (χ4n) is 2.04. The second kappa shape index (κ2) is 6.64. The molecule has 0 spiro atoms. The zero-order chi connectivity index (χ0) is 13.8. The maximum absolute atomic E-state index is 13.7. The topological polar surface area (TPSA) is 12.0 Å². The van der Waals surface area contributed by atoms with E-state index in [2.05, 4.69) is 39.6 Å². The van der Waals surface area contributed by atoms with Crippen LogP contribution in [0.3, 0.4) is 0 Å². The molecular formula is C15H17BrFNS. The van der Waals surface area contributed by atoms with Crippen LogP contribution in [0.4, 0.5) is 4.39 Å². The van der Waals surface area contributed by atoms with E-state index in [0.29, 0.717) is 5.56 Å². The van der Waals surface area contributed by atoms with Crippen LogP contribution in [0.5, 0.6) is 0 Å². The zero-order valence-corrected chi connectivity index (χ0v) is 13.4. The molecule has 2 rings (SSSR count). The summed E-state index contributed by atoms with van der Waals surface area (Å²) >= 11 is 5.19. The zero-order valence-electron chi connectivity index (χ0n) is 11.0. The molecule has 1 N–H and O–H groups in total. The molecule has 1 aromatic carbocycles. The predicted octanol–water partition coefficient (Wildman–Crippen LogP) is 4.85. The van der Waals surface area contributed by atoms with E-state index >= 15 is 0 Å². The van der Waals surface area contributed by atoms with Gasteiger partial charge in [-0.25, -0.2) is 4.39 Å². The summed E-state index contributed by atoms with van der Waals surface area (Å²) in [6, 6.07) is 7.78. The largest absolute Gasteiger partial charge is 0.310 e. The number of nitrogens with one attached hydrogen (secondary N) is 1. The first-order valence-corrected chi connectivity index (χ1v) is 7.99.